The Balaban J connectivity index is 2.60. The second-order valence-corrected chi connectivity index (χ2v) is 3.18. The van der Waals surface area contributed by atoms with Crippen molar-refractivity contribution in [2.24, 2.45) is 0 Å². The van der Waals surface area contributed by atoms with Crippen molar-refractivity contribution in [3.63, 3.8) is 0 Å². The summed E-state index contributed by atoms with van der Waals surface area (Å²) >= 11 is 0. The number of aromatic nitrogens is 2. The van der Waals surface area contributed by atoms with Crippen LogP contribution >= 0.6 is 0 Å². The van der Waals surface area contributed by atoms with E-state index in [0.29, 0.717) is 5.69 Å². The van der Waals surface area contributed by atoms with E-state index in [1.807, 2.05) is 30.3 Å². The van der Waals surface area contributed by atoms with E-state index < -0.39 is 0 Å². The van der Waals surface area contributed by atoms with Crippen LogP contribution in [-0.2, 0) is 0 Å². The molecule has 3 aromatic rings. The normalized spacial score (nSPS) is 11.1. The lowest BCUT2D eigenvalue weighted by Gasteiger charge is -1.98. The fourth-order valence-corrected chi connectivity index (χ4v) is 1.58. The van der Waals surface area contributed by atoms with Gasteiger partial charge in [-0.3, -0.25) is 0 Å². The summed E-state index contributed by atoms with van der Waals surface area (Å²) in [4.78, 5) is 0. The predicted molar refractivity (Wildman–Crippen MR) is 53.7 cm³/mol. The molecule has 1 aromatic heterocycles. The van der Waals surface area contributed by atoms with Gasteiger partial charge in [-0.15, -0.1) is 0 Å². The van der Waals surface area contributed by atoms with Gasteiger partial charge in [-0.2, -0.15) is 0 Å². The van der Waals surface area contributed by atoms with Gasteiger partial charge in [0.05, 0.1) is 0 Å². The minimum Gasteiger partial charge on any atom is -0.399 e. The van der Waals surface area contributed by atoms with Crippen molar-refractivity contribution in [2.45, 2.75) is 0 Å². The van der Waals surface area contributed by atoms with Crippen molar-refractivity contribution in [3.05, 3.63) is 30.3 Å². The number of rotatable bonds is 0. The number of nitrogens with two attached hydrogens (primary N) is 1. The number of hydrogen-bond donors (Lipinski definition) is 1. The van der Waals surface area contributed by atoms with Crippen LogP contribution in [0.5, 0.6) is 0 Å². The standard InChI is InChI=1S/C10H7N3O/c11-7-3-1-6-2-4-9-10(8(6)5-7)13-14-12-9/h1-5H,11H2. The average molecular weight is 185 g/mol. The molecule has 0 fully saturated rings. The lowest BCUT2D eigenvalue weighted by Crippen LogP contribution is -1.84. The van der Waals surface area contributed by atoms with E-state index in [-0.39, 0.29) is 0 Å². The highest BCUT2D eigenvalue weighted by Crippen LogP contribution is 2.24. The summed E-state index contributed by atoms with van der Waals surface area (Å²) in [6, 6.07) is 9.55. The molecule has 0 spiro atoms. The maximum Gasteiger partial charge on any atom is 0.143 e. The van der Waals surface area contributed by atoms with E-state index in [4.69, 9.17) is 5.73 Å². The van der Waals surface area contributed by atoms with Crippen molar-refractivity contribution in [1.29, 1.82) is 0 Å². The number of fused-ring (bicyclic) bond motifs is 3. The molecular formula is C10H7N3O. The van der Waals surface area contributed by atoms with E-state index >= 15 is 0 Å². The van der Waals surface area contributed by atoms with Crippen LogP contribution in [0, 0.1) is 0 Å². The molecule has 3 rings (SSSR count). The summed E-state index contributed by atoms with van der Waals surface area (Å²) in [6.07, 6.45) is 0. The number of nitrogens with zero attached hydrogens (tertiary/aromatic N) is 2. The average Bonchev–Trinajstić information content (AvgIpc) is 2.65. The molecule has 4 nitrogen and oxygen atoms in total. The van der Waals surface area contributed by atoms with Crippen molar-refractivity contribution in [3.8, 4) is 0 Å². The molecule has 0 saturated carbocycles. The van der Waals surface area contributed by atoms with Crippen LogP contribution in [0.2, 0.25) is 0 Å². The van der Waals surface area contributed by atoms with E-state index in [2.05, 4.69) is 14.9 Å². The van der Waals surface area contributed by atoms with Crippen LogP contribution in [0.4, 0.5) is 5.69 Å². The maximum atomic E-state index is 5.70. The first-order valence-corrected chi connectivity index (χ1v) is 4.25. The molecule has 0 amide bonds. The SMILES string of the molecule is Nc1ccc2ccc3nonc3c2c1. The Morgan fingerprint density at radius 3 is 2.86 bits per heavy atom. The number of anilines is 1. The zero-order chi connectivity index (χ0) is 9.54. The largest absolute Gasteiger partial charge is 0.399 e. The Bertz CT molecular complexity index is 615. The molecule has 4 heteroatoms. The third-order valence-electron chi connectivity index (χ3n) is 2.27. The third-order valence-corrected chi connectivity index (χ3v) is 2.27. The van der Waals surface area contributed by atoms with Gasteiger partial charge < -0.3 is 5.73 Å². The Kier molecular flexibility index (Phi) is 1.28. The summed E-state index contributed by atoms with van der Waals surface area (Å²) in [7, 11) is 0. The maximum absolute atomic E-state index is 5.70. The lowest BCUT2D eigenvalue weighted by molar-refractivity contribution is 0.316. The fourth-order valence-electron chi connectivity index (χ4n) is 1.58. The lowest BCUT2D eigenvalue weighted by atomic mass is 10.1. The number of benzene rings is 2. The minimum atomic E-state index is 0.716. The van der Waals surface area contributed by atoms with E-state index in [0.717, 1.165) is 21.8 Å². The summed E-state index contributed by atoms with van der Waals surface area (Å²) in [5.74, 6) is 0. The van der Waals surface area contributed by atoms with Gasteiger partial charge >= 0.3 is 0 Å². The molecule has 0 atom stereocenters. The van der Waals surface area contributed by atoms with Crippen LogP contribution < -0.4 is 5.73 Å². The highest BCUT2D eigenvalue weighted by Gasteiger charge is 2.05. The molecule has 0 aliphatic carbocycles. The van der Waals surface area contributed by atoms with Crippen molar-refractivity contribution in [1.82, 2.24) is 10.3 Å². The fraction of sp³-hybridized carbons (Fsp3) is 0. The molecule has 68 valence electrons. The summed E-state index contributed by atoms with van der Waals surface area (Å²) in [5, 5.41) is 9.68. The minimum absolute atomic E-state index is 0.716. The molecule has 0 aliphatic rings. The van der Waals surface area contributed by atoms with Crippen molar-refractivity contribution in [2.75, 3.05) is 5.73 Å². The number of hydrogen-bond acceptors (Lipinski definition) is 4. The topological polar surface area (TPSA) is 64.9 Å². The van der Waals surface area contributed by atoms with Gasteiger partial charge in [0, 0.05) is 11.1 Å². The zero-order valence-electron chi connectivity index (χ0n) is 7.27. The smallest absolute Gasteiger partial charge is 0.143 e. The first kappa shape index (κ1) is 7.32. The van der Waals surface area contributed by atoms with Crippen LogP contribution in [0.25, 0.3) is 21.8 Å². The van der Waals surface area contributed by atoms with Crippen LogP contribution in [0.3, 0.4) is 0 Å². The predicted octanol–water partition coefficient (Wildman–Crippen LogP) is 1.96. The van der Waals surface area contributed by atoms with Gasteiger partial charge in [-0.1, -0.05) is 12.1 Å². The zero-order valence-corrected chi connectivity index (χ0v) is 7.27. The van der Waals surface area contributed by atoms with E-state index in [1.165, 1.54) is 0 Å². The molecule has 0 bridgehead atoms. The van der Waals surface area contributed by atoms with Crippen molar-refractivity contribution < 1.29 is 4.63 Å². The number of nitrogen functional groups attached to an aromatic ring is 1. The molecule has 0 radical (unpaired) electrons. The second-order valence-electron chi connectivity index (χ2n) is 3.18. The van der Waals surface area contributed by atoms with Crippen LogP contribution in [0.15, 0.2) is 35.0 Å². The Morgan fingerprint density at radius 1 is 1.07 bits per heavy atom. The molecule has 1 heterocycles. The van der Waals surface area contributed by atoms with Gasteiger partial charge in [0.2, 0.25) is 0 Å². The van der Waals surface area contributed by atoms with Gasteiger partial charge in [0.25, 0.3) is 0 Å². The van der Waals surface area contributed by atoms with Gasteiger partial charge in [0.1, 0.15) is 11.0 Å². The monoisotopic (exact) mass is 185 g/mol. The molecule has 0 aliphatic heterocycles. The summed E-state index contributed by atoms with van der Waals surface area (Å²) < 4.78 is 4.67. The van der Waals surface area contributed by atoms with Gasteiger partial charge in [-0.05, 0) is 33.9 Å². The molecule has 14 heavy (non-hydrogen) atoms. The Morgan fingerprint density at radius 2 is 1.93 bits per heavy atom. The third kappa shape index (κ3) is 0.877. The summed E-state index contributed by atoms with van der Waals surface area (Å²) in [6.45, 7) is 0. The van der Waals surface area contributed by atoms with Crippen LogP contribution in [0.1, 0.15) is 0 Å². The second kappa shape index (κ2) is 2.45. The molecule has 2 aromatic carbocycles. The molecule has 0 saturated heterocycles. The molecule has 0 unspecified atom stereocenters. The Labute approximate surface area is 79.3 Å². The molecule has 2 N–H and O–H groups in total. The first-order valence-electron chi connectivity index (χ1n) is 4.25. The van der Waals surface area contributed by atoms with Crippen LogP contribution in [-0.4, -0.2) is 10.3 Å². The quantitative estimate of drug-likeness (QED) is 0.543. The Hall–Kier alpha value is -2.10. The van der Waals surface area contributed by atoms with Crippen molar-refractivity contribution >= 4 is 27.5 Å². The van der Waals surface area contributed by atoms with E-state index in [1.54, 1.807) is 0 Å². The molecular weight excluding hydrogens is 178 g/mol. The summed E-state index contributed by atoms with van der Waals surface area (Å²) in [5.41, 5.74) is 7.93. The van der Waals surface area contributed by atoms with Gasteiger partial charge in [0.15, 0.2) is 0 Å². The highest BCUT2D eigenvalue weighted by molar-refractivity contribution is 6.04. The van der Waals surface area contributed by atoms with E-state index in [9.17, 15) is 0 Å². The first-order chi connectivity index (χ1) is 6.84. The highest BCUT2D eigenvalue weighted by atomic mass is 16.6. The van der Waals surface area contributed by atoms with Gasteiger partial charge in [-0.25, -0.2) is 4.63 Å².